The fourth-order valence-electron chi connectivity index (χ4n) is 2.26. The summed E-state index contributed by atoms with van der Waals surface area (Å²) in [7, 11) is 0. The summed E-state index contributed by atoms with van der Waals surface area (Å²) >= 11 is 2.08. The Morgan fingerprint density at radius 1 is 1.69 bits per heavy atom. The molecule has 4 heteroatoms. The van der Waals surface area contributed by atoms with E-state index in [1.807, 2.05) is 12.4 Å². The zero-order chi connectivity index (χ0) is 11.4. The number of hydrogen-bond acceptors (Lipinski definition) is 3. The van der Waals surface area contributed by atoms with Crippen LogP contribution in [0.15, 0.2) is 12.4 Å². The number of aromatic amines is 1. The van der Waals surface area contributed by atoms with Crippen molar-refractivity contribution in [3.63, 3.8) is 0 Å². The summed E-state index contributed by atoms with van der Waals surface area (Å²) in [6, 6.07) is 1.01. The van der Waals surface area contributed by atoms with Gasteiger partial charge in [0.25, 0.3) is 0 Å². The molecule has 0 aliphatic carbocycles. The summed E-state index contributed by atoms with van der Waals surface area (Å²) in [6.07, 6.45) is 7.45. The summed E-state index contributed by atoms with van der Waals surface area (Å²) in [6.45, 7) is 4.54. The Morgan fingerprint density at radius 2 is 2.56 bits per heavy atom. The van der Waals surface area contributed by atoms with Crippen LogP contribution >= 0.6 is 11.8 Å². The van der Waals surface area contributed by atoms with E-state index in [9.17, 15) is 0 Å². The number of aromatic nitrogens is 2. The van der Waals surface area contributed by atoms with Crippen LogP contribution in [-0.4, -0.2) is 27.0 Å². The number of imidazole rings is 1. The van der Waals surface area contributed by atoms with E-state index in [4.69, 9.17) is 0 Å². The van der Waals surface area contributed by atoms with E-state index < -0.39 is 0 Å². The van der Waals surface area contributed by atoms with E-state index in [-0.39, 0.29) is 0 Å². The third kappa shape index (κ3) is 2.80. The molecule has 3 atom stereocenters. The maximum atomic E-state index is 4.35. The van der Waals surface area contributed by atoms with Gasteiger partial charge < -0.3 is 10.3 Å². The first-order chi connectivity index (χ1) is 7.81. The first-order valence-corrected chi connectivity index (χ1v) is 7.23. The lowest BCUT2D eigenvalue weighted by molar-refractivity contribution is 0.385. The van der Waals surface area contributed by atoms with Crippen LogP contribution in [0.1, 0.15) is 45.0 Å². The molecule has 2 rings (SSSR count). The number of nitrogens with zero attached hydrogens (tertiary/aromatic N) is 1. The molecule has 1 aromatic rings. The molecule has 1 aliphatic rings. The smallest absolute Gasteiger partial charge is 0.123 e. The van der Waals surface area contributed by atoms with Crippen molar-refractivity contribution in [3.05, 3.63) is 18.2 Å². The third-order valence-corrected chi connectivity index (χ3v) is 4.66. The maximum Gasteiger partial charge on any atom is 0.123 e. The summed E-state index contributed by atoms with van der Waals surface area (Å²) in [4.78, 5) is 7.57. The topological polar surface area (TPSA) is 40.7 Å². The van der Waals surface area contributed by atoms with Crippen LogP contribution in [-0.2, 0) is 0 Å². The van der Waals surface area contributed by atoms with Crippen LogP contribution < -0.4 is 5.32 Å². The van der Waals surface area contributed by atoms with Crippen molar-refractivity contribution in [1.29, 1.82) is 0 Å². The molecule has 1 aromatic heterocycles. The highest BCUT2D eigenvalue weighted by molar-refractivity contribution is 7.99. The molecule has 0 bridgehead atoms. The van der Waals surface area contributed by atoms with Gasteiger partial charge in [-0.3, -0.25) is 0 Å². The van der Waals surface area contributed by atoms with Crippen LogP contribution in [0, 0.1) is 0 Å². The number of hydrogen-bond donors (Lipinski definition) is 2. The Balaban J connectivity index is 1.95. The minimum Gasteiger partial charge on any atom is -0.347 e. The van der Waals surface area contributed by atoms with E-state index >= 15 is 0 Å². The van der Waals surface area contributed by atoms with E-state index in [1.165, 1.54) is 18.6 Å². The molecule has 1 saturated heterocycles. The lowest BCUT2D eigenvalue weighted by Crippen LogP contribution is -2.41. The fourth-order valence-corrected chi connectivity index (χ4v) is 3.41. The molecular weight excluding hydrogens is 218 g/mol. The molecule has 16 heavy (non-hydrogen) atoms. The monoisotopic (exact) mass is 239 g/mol. The second-order valence-corrected chi connectivity index (χ2v) is 5.91. The Kier molecular flexibility index (Phi) is 4.29. The highest BCUT2D eigenvalue weighted by Gasteiger charge is 2.24. The second kappa shape index (κ2) is 5.73. The van der Waals surface area contributed by atoms with E-state index in [0.29, 0.717) is 12.1 Å². The largest absolute Gasteiger partial charge is 0.347 e. The van der Waals surface area contributed by atoms with Gasteiger partial charge in [-0.1, -0.05) is 13.8 Å². The zero-order valence-electron chi connectivity index (χ0n) is 10.1. The SMILES string of the molecule is CCC(NC1CCCSC1C)c1ncc[nH]1. The van der Waals surface area contributed by atoms with Gasteiger partial charge >= 0.3 is 0 Å². The molecule has 0 saturated carbocycles. The molecule has 3 nitrogen and oxygen atoms in total. The average Bonchev–Trinajstić information content (AvgIpc) is 2.81. The highest BCUT2D eigenvalue weighted by atomic mass is 32.2. The summed E-state index contributed by atoms with van der Waals surface area (Å²) in [5, 5.41) is 4.46. The first kappa shape index (κ1) is 12.0. The maximum absolute atomic E-state index is 4.35. The van der Waals surface area contributed by atoms with Gasteiger partial charge in [-0.05, 0) is 25.0 Å². The van der Waals surface area contributed by atoms with Gasteiger partial charge in [0, 0.05) is 23.7 Å². The van der Waals surface area contributed by atoms with Crippen molar-refractivity contribution >= 4 is 11.8 Å². The minimum absolute atomic E-state index is 0.376. The molecular formula is C12H21N3S. The van der Waals surface area contributed by atoms with E-state index in [0.717, 1.165) is 17.5 Å². The first-order valence-electron chi connectivity index (χ1n) is 6.18. The van der Waals surface area contributed by atoms with E-state index in [2.05, 4.69) is 40.9 Å². The summed E-state index contributed by atoms with van der Waals surface area (Å²) in [5.41, 5.74) is 0. The lowest BCUT2D eigenvalue weighted by Gasteiger charge is -2.32. The molecule has 0 radical (unpaired) electrons. The fraction of sp³-hybridized carbons (Fsp3) is 0.750. The number of thioether (sulfide) groups is 1. The Bertz CT molecular complexity index is 299. The van der Waals surface area contributed by atoms with Gasteiger partial charge in [-0.15, -0.1) is 0 Å². The number of H-pyrrole nitrogens is 1. The standard InChI is InChI=1S/C12H21N3S/c1-3-10(12-13-6-7-14-12)15-11-5-4-8-16-9(11)2/h6-7,9-11,15H,3-5,8H2,1-2H3,(H,13,14). The predicted octanol–water partition coefficient (Wildman–Crippen LogP) is 2.73. The van der Waals surface area contributed by atoms with Crippen LogP contribution in [0.4, 0.5) is 0 Å². The molecule has 90 valence electrons. The lowest BCUT2D eigenvalue weighted by atomic mass is 10.1. The van der Waals surface area contributed by atoms with Gasteiger partial charge in [0.2, 0.25) is 0 Å². The summed E-state index contributed by atoms with van der Waals surface area (Å²) in [5.74, 6) is 2.39. The molecule has 2 heterocycles. The molecule has 1 fully saturated rings. The van der Waals surface area contributed by atoms with Crippen LogP contribution in [0.3, 0.4) is 0 Å². The van der Waals surface area contributed by atoms with Crippen molar-refractivity contribution in [2.45, 2.75) is 50.4 Å². The highest BCUT2D eigenvalue weighted by Crippen LogP contribution is 2.27. The van der Waals surface area contributed by atoms with Gasteiger partial charge in [-0.25, -0.2) is 4.98 Å². The number of nitrogens with one attached hydrogen (secondary N) is 2. The van der Waals surface area contributed by atoms with Crippen LogP contribution in [0.2, 0.25) is 0 Å². The van der Waals surface area contributed by atoms with Crippen molar-refractivity contribution in [2.75, 3.05) is 5.75 Å². The van der Waals surface area contributed by atoms with Crippen LogP contribution in [0.5, 0.6) is 0 Å². The van der Waals surface area contributed by atoms with Crippen LogP contribution in [0.25, 0.3) is 0 Å². The van der Waals surface area contributed by atoms with E-state index in [1.54, 1.807) is 0 Å². The van der Waals surface area contributed by atoms with Gasteiger partial charge in [0.1, 0.15) is 5.82 Å². The normalized spacial score (nSPS) is 27.9. The van der Waals surface area contributed by atoms with Gasteiger partial charge in [-0.2, -0.15) is 11.8 Å². The number of rotatable bonds is 4. The van der Waals surface area contributed by atoms with Gasteiger partial charge in [0.05, 0.1) is 6.04 Å². The Labute approximate surface area is 102 Å². The Hall–Kier alpha value is -0.480. The third-order valence-electron chi connectivity index (χ3n) is 3.28. The predicted molar refractivity (Wildman–Crippen MR) is 69.7 cm³/mol. The van der Waals surface area contributed by atoms with Crippen molar-refractivity contribution in [3.8, 4) is 0 Å². The van der Waals surface area contributed by atoms with Crippen molar-refractivity contribution in [2.24, 2.45) is 0 Å². The molecule has 2 N–H and O–H groups in total. The molecule has 1 aliphatic heterocycles. The van der Waals surface area contributed by atoms with Crippen molar-refractivity contribution < 1.29 is 0 Å². The molecule has 0 spiro atoms. The zero-order valence-corrected chi connectivity index (χ0v) is 10.9. The Morgan fingerprint density at radius 3 is 3.19 bits per heavy atom. The molecule has 0 aromatic carbocycles. The minimum atomic E-state index is 0.376. The quantitative estimate of drug-likeness (QED) is 0.849. The molecule has 3 unspecified atom stereocenters. The summed E-state index contributed by atoms with van der Waals surface area (Å²) < 4.78 is 0. The average molecular weight is 239 g/mol. The van der Waals surface area contributed by atoms with Gasteiger partial charge in [0.15, 0.2) is 0 Å². The second-order valence-electron chi connectivity index (χ2n) is 4.43. The molecule has 0 amide bonds. The van der Waals surface area contributed by atoms with Crippen molar-refractivity contribution in [1.82, 2.24) is 15.3 Å².